The van der Waals surface area contributed by atoms with Crippen molar-refractivity contribution in [2.75, 3.05) is 59.1 Å². The fraction of sp³-hybridized carbons (Fsp3) is 0.867. The number of carbonyl (C=O) groups excluding carboxylic acids is 2. The van der Waals surface area contributed by atoms with Crippen molar-refractivity contribution >= 4 is 11.8 Å². The zero-order valence-electron chi connectivity index (χ0n) is 13.0. The summed E-state index contributed by atoms with van der Waals surface area (Å²) in [5.41, 5.74) is 0. The van der Waals surface area contributed by atoms with Gasteiger partial charge in [0.2, 0.25) is 5.91 Å². The summed E-state index contributed by atoms with van der Waals surface area (Å²) in [7, 11) is 0. The van der Waals surface area contributed by atoms with Crippen molar-refractivity contribution in [3.8, 4) is 0 Å². The zero-order chi connectivity index (χ0) is 15.4. The van der Waals surface area contributed by atoms with E-state index in [0.717, 1.165) is 25.9 Å². The lowest BCUT2D eigenvalue weighted by atomic mass is 9.95. The maximum atomic E-state index is 12.6. The fourth-order valence-electron chi connectivity index (χ4n) is 3.35. The Morgan fingerprint density at radius 1 is 1.00 bits per heavy atom. The number of ether oxygens (including phenoxy) is 2. The number of nitrogens with one attached hydrogen (secondary N) is 1. The lowest BCUT2D eigenvalue weighted by Crippen LogP contribution is -2.54. The first-order valence-corrected chi connectivity index (χ1v) is 8.23. The molecule has 3 aliphatic rings. The molecule has 3 aliphatic heterocycles. The first-order chi connectivity index (χ1) is 10.8. The Morgan fingerprint density at radius 3 is 2.55 bits per heavy atom. The largest absolute Gasteiger partial charge is 0.378 e. The van der Waals surface area contributed by atoms with Crippen molar-refractivity contribution in [2.45, 2.75) is 18.9 Å². The Bertz CT molecular complexity index is 370. The van der Waals surface area contributed by atoms with E-state index in [2.05, 4.69) is 5.32 Å². The predicted molar refractivity (Wildman–Crippen MR) is 79.3 cm³/mol. The average Bonchev–Trinajstić information content (AvgIpc) is 2.62. The maximum Gasteiger partial charge on any atom is 0.253 e. The van der Waals surface area contributed by atoms with Gasteiger partial charge in [0.25, 0.3) is 5.91 Å². The molecule has 0 saturated carbocycles. The van der Waals surface area contributed by atoms with Gasteiger partial charge in [-0.15, -0.1) is 0 Å². The Hall–Kier alpha value is -1.18. The van der Waals surface area contributed by atoms with Gasteiger partial charge >= 0.3 is 0 Å². The van der Waals surface area contributed by atoms with Gasteiger partial charge < -0.3 is 24.6 Å². The molecule has 124 valence electrons. The normalized spacial score (nSPS) is 30.2. The second-order valence-corrected chi connectivity index (χ2v) is 6.12. The van der Waals surface area contributed by atoms with Gasteiger partial charge in [0, 0.05) is 39.3 Å². The summed E-state index contributed by atoms with van der Waals surface area (Å²) in [5.74, 6) is 0.113. The summed E-state index contributed by atoms with van der Waals surface area (Å²) in [6.07, 6.45) is 1.35. The molecule has 0 radical (unpaired) electrons. The molecule has 1 N–H and O–H groups in total. The Morgan fingerprint density at radius 2 is 1.82 bits per heavy atom. The maximum absolute atomic E-state index is 12.6. The van der Waals surface area contributed by atoms with E-state index < -0.39 is 6.10 Å². The van der Waals surface area contributed by atoms with Crippen LogP contribution in [0.25, 0.3) is 0 Å². The van der Waals surface area contributed by atoms with E-state index >= 15 is 0 Å². The third kappa shape index (κ3) is 3.59. The number of piperidine rings is 1. The SMILES string of the molecule is O=C(C1CCCN(C(=O)C2CNCCO2)C1)N1CCOCC1. The van der Waals surface area contributed by atoms with Gasteiger partial charge in [0.1, 0.15) is 6.10 Å². The molecule has 3 fully saturated rings. The van der Waals surface area contributed by atoms with Crippen LogP contribution in [0.5, 0.6) is 0 Å². The minimum atomic E-state index is -0.397. The molecule has 7 heteroatoms. The standard InChI is InChI=1S/C15H25N3O4/c19-14(17-5-8-21-9-6-17)12-2-1-4-18(11-12)15(20)13-10-16-3-7-22-13/h12-13,16H,1-11H2. The average molecular weight is 311 g/mol. The van der Waals surface area contributed by atoms with Crippen molar-refractivity contribution in [3.05, 3.63) is 0 Å². The van der Waals surface area contributed by atoms with Gasteiger partial charge in [-0.1, -0.05) is 0 Å². The molecule has 0 aromatic rings. The van der Waals surface area contributed by atoms with Gasteiger partial charge in [0.05, 0.1) is 25.7 Å². The van der Waals surface area contributed by atoms with E-state index in [0.29, 0.717) is 46.0 Å². The van der Waals surface area contributed by atoms with Gasteiger partial charge in [-0.3, -0.25) is 9.59 Å². The smallest absolute Gasteiger partial charge is 0.253 e. The molecule has 22 heavy (non-hydrogen) atoms. The molecule has 2 unspecified atom stereocenters. The molecule has 0 aromatic heterocycles. The lowest BCUT2D eigenvalue weighted by Gasteiger charge is -2.37. The van der Waals surface area contributed by atoms with E-state index in [-0.39, 0.29) is 17.7 Å². The van der Waals surface area contributed by atoms with Gasteiger partial charge in [-0.05, 0) is 12.8 Å². The summed E-state index contributed by atoms with van der Waals surface area (Å²) in [6, 6.07) is 0. The molecule has 3 saturated heterocycles. The van der Waals surface area contributed by atoms with Crippen LogP contribution in [0.3, 0.4) is 0 Å². The number of carbonyl (C=O) groups is 2. The Kier molecular flexibility index (Phi) is 5.28. The van der Waals surface area contributed by atoms with Gasteiger partial charge in [-0.25, -0.2) is 0 Å². The minimum Gasteiger partial charge on any atom is -0.378 e. The monoisotopic (exact) mass is 311 g/mol. The fourth-order valence-corrected chi connectivity index (χ4v) is 3.35. The number of amides is 2. The first-order valence-electron chi connectivity index (χ1n) is 8.23. The highest BCUT2D eigenvalue weighted by Gasteiger charge is 2.34. The third-order valence-corrected chi connectivity index (χ3v) is 4.61. The highest BCUT2D eigenvalue weighted by molar-refractivity contribution is 5.84. The van der Waals surface area contributed by atoms with Crippen LogP contribution in [0.4, 0.5) is 0 Å². The molecular formula is C15H25N3O4. The lowest BCUT2D eigenvalue weighted by molar-refractivity contribution is -0.150. The molecule has 3 heterocycles. The molecule has 0 aromatic carbocycles. The van der Waals surface area contributed by atoms with Crippen LogP contribution in [-0.2, 0) is 19.1 Å². The van der Waals surface area contributed by atoms with Crippen molar-refractivity contribution in [1.29, 1.82) is 0 Å². The number of rotatable bonds is 2. The topological polar surface area (TPSA) is 71.1 Å². The molecular weight excluding hydrogens is 286 g/mol. The van der Waals surface area contributed by atoms with Crippen LogP contribution in [0.1, 0.15) is 12.8 Å². The van der Waals surface area contributed by atoms with Gasteiger partial charge in [0.15, 0.2) is 0 Å². The molecule has 7 nitrogen and oxygen atoms in total. The number of hydrogen-bond acceptors (Lipinski definition) is 5. The second-order valence-electron chi connectivity index (χ2n) is 6.12. The van der Waals surface area contributed by atoms with E-state index in [1.807, 2.05) is 9.80 Å². The summed E-state index contributed by atoms with van der Waals surface area (Å²) in [6.45, 7) is 5.74. The van der Waals surface area contributed by atoms with E-state index in [1.165, 1.54) is 0 Å². The predicted octanol–water partition coefficient (Wildman–Crippen LogP) is -0.928. The van der Waals surface area contributed by atoms with Crippen LogP contribution in [0.15, 0.2) is 0 Å². The third-order valence-electron chi connectivity index (χ3n) is 4.61. The molecule has 0 aliphatic carbocycles. The molecule has 0 spiro atoms. The molecule has 3 rings (SSSR count). The van der Waals surface area contributed by atoms with Crippen LogP contribution < -0.4 is 5.32 Å². The molecule has 2 atom stereocenters. The number of hydrogen-bond donors (Lipinski definition) is 1. The van der Waals surface area contributed by atoms with Crippen LogP contribution in [-0.4, -0.2) is 86.8 Å². The minimum absolute atomic E-state index is 0.0201. The second kappa shape index (κ2) is 7.39. The van der Waals surface area contributed by atoms with Gasteiger partial charge in [-0.2, -0.15) is 0 Å². The molecule has 2 amide bonds. The molecule has 0 bridgehead atoms. The van der Waals surface area contributed by atoms with Crippen molar-refractivity contribution < 1.29 is 19.1 Å². The quantitative estimate of drug-likeness (QED) is 0.714. The summed E-state index contributed by atoms with van der Waals surface area (Å²) in [5, 5.41) is 3.18. The van der Waals surface area contributed by atoms with Crippen LogP contribution in [0.2, 0.25) is 0 Å². The summed E-state index contributed by atoms with van der Waals surface area (Å²) >= 11 is 0. The summed E-state index contributed by atoms with van der Waals surface area (Å²) < 4.78 is 10.8. The number of likely N-dealkylation sites (tertiary alicyclic amines) is 1. The van der Waals surface area contributed by atoms with Crippen molar-refractivity contribution in [2.24, 2.45) is 5.92 Å². The Balaban J connectivity index is 1.56. The number of morpholine rings is 2. The van der Waals surface area contributed by atoms with Crippen molar-refractivity contribution in [3.63, 3.8) is 0 Å². The van der Waals surface area contributed by atoms with Crippen molar-refractivity contribution in [1.82, 2.24) is 15.1 Å². The number of nitrogens with zero attached hydrogens (tertiary/aromatic N) is 2. The van der Waals surface area contributed by atoms with E-state index in [9.17, 15) is 9.59 Å². The zero-order valence-corrected chi connectivity index (χ0v) is 13.0. The van der Waals surface area contributed by atoms with Crippen LogP contribution >= 0.6 is 0 Å². The first kappa shape index (κ1) is 15.7. The Labute approximate surface area is 130 Å². The highest BCUT2D eigenvalue weighted by Crippen LogP contribution is 2.20. The highest BCUT2D eigenvalue weighted by atomic mass is 16.5. The van der Waals surface area contributed by atoms with E-state index in [1.54, 1.807) is 0 Å². The summed E-state index contributed by atoms with van der Waals surface area (Å²) in [4.78, 5) is 28.8. The van der Waals surface area contributed by atoms with Crippen LogP contribution in [0, 0.1) is 5.92 Å². The van der Waals surface area contributed by atoms with E-state index in [4.69, 9.17) is 9.47 Å².